The minimum atomic E-state index is -0.817. The van der Waals surface area contributed by atoms with Gasteiger partial charge in [-0.3, -0.25) is 4.21 Å². The van der Waals surface area contributed by atoms with Gasteiger partial charge in [0.2, 0.25) is 0 Å². The summed E-state index contributed by atoms with van der Waals surface area (Å²) in [7, 11) is 0.890. The van der Waals surface area contributed by atoms with E-state index in [1.165, 1.54) is 0 Å². The highest BCUT2D eigenvalue weighted by atomic mass is 32.2. The first-order valence-corrected chi connectivity index (χ1v) is 7.80. The Balaban J connectivity index is 4.61. The minimum Gasteiger partial charge on any atom is -0.377 e. The molecule has 17 heavy (non-hydrogen) atoms. The van der Waals surface area contributed by atoms with Gasteiger partial charge in [-0.1, -0.05) is 27.7 Å². The first-order valence-electron chi connectivity index (χ1n) is 6.42. The fourth-order valence-electron chi connectivity index (χ4n) is 1.51. The number of rotatable bonds is 8. The third kappa shape index (κ3) is 5.49. The summed E-state index contributed by atoms with van der Waals surface area (Å²) < 4.78 is 17.7. The van der Waals surface area contributed by atoms with Crippen molar-refractivity contribution in [2.24, 2.45) is 5.92 Å². The van der Waals surface area contributed by atoms with Gasteiger partial charge in [-0.15, -0.1) is 0 Å². The van der Waals surface area contributed by atoms with E-state index in [1.54, 1.807) is 7.11 Å². The summed E-state index contributed by atoms with van der Waals surface area (Å²) in [6.45, 7) is 13.3. The Hall–Kier alpha value is 0.0700. The number of nitrogens with one attached hydrogen (secondary N) is 1. The van der Waals surface area contributed by atoms with Gasteiger partial charge < -0.3 is 10.1 Å². The molecule has 0 spiro atoms. The SMILES string of the molecule is CCNC(CS(=O)C(C)C(C)C)C(C)(C)OC. The maximum Gasteiger partial charge on any atom is 0.0784 e. The van der Waals surface area contributed by atoms with Gasteiger partial charge in [0.1, 0.15) is 0 Å². The highest BCUT2D eigenvalue weighted by molar-refractivity contribution is 7.85. The zero-order valence-electron chi connectivity index (χ0n) is 12.4. The van der Waals surface area contributed by atoms with Crippen LogP contribution in [0.4, 0.5) is 0 Å². The summed E-state index contributed by atoms with van der Waals surface area (Å²) in [5.41, 5.74) is -0.289. The smallest absolute Gasteiger partial charge is 0.0784 e. The number of hydrogen-bond donors (Lipinski definition) is 1. The van der Waals surface area contributed by atoms with E-state index in [4.69, 9.17) is 4.74 Å². The zero-order chi connectivity index (χ0) is 13.6. The monoisotopic (exact) mass is 263 g/mol. The molecule has 0 bridgehead atoms. The van der Waals surface area contributed by atoms with Gasteiger partial charge in [-0.2, -0.15) is 0 Å². The van der Waals surface area contributed by atoms with Crippen LogP contribution in [0.15, 0.2) is 0 Å². The van der Waals surface area contributed by atoms with Crippen molar-refractivity contribution in [3.8, 4) is 0 Å². The molecular formula is C13H29NO2S. The van der Waals surface area contributed by atoms with Crippen molar-refractivity contribution in [3.05, 3.63) is 0 Å². The normalized spacial score (nSPS) is 18.1. The van der Waals surface area contributed by atoms with Crippen LogP contribution in [0.3, 0.4) is 0 Å². The van der Waals surface area contributed by atoms with Crippen LogP contribution in [0, 0.1) is 5.92 Å². The first kappa shape index (κ1) is 17.1. The Labute approximate surface area is 109 Å². The van der Waals surface area contributed by atoms with Gasteiger partial charge in [0.25, 0.3) is 0 Å². The highest BCUT2D eigenvalue weighted by Gasteiger charge is 2.31. The van der Waals surface area contributed by atoms with E-state index in [1.807, 2.05) is 13.8 Å². The fourth-order valence-corrected chi connectivity index (χ4v) is 3.27. The molecule has 0 amide bonds. The Kier molecular flexibility index (Phi) is 7.52. The van der Waals surface area contributed by atoms with Gasteiger partial charge in [-0.05, 0) is 26.3 Å². The van der Waals surface area contributed by atoms with E-state index in [2.05, 4.69) is 33.0 Å². The molecule has 0 aliphatic rings. The molecule has 0 aliphatic carbocycles. The summed E-state index contributed by atoms with van der Waals surface area (Å²) in [4.78, 5) is 0. The summed E-state index contributed by atoms with van der Waals surface area (Å²) in [6.07, 6.45) is 0. The molecule has 0 aromatic heterocycles. The topological polar surface area (TPSA) is 38.3 Å². The van der Waals surface area contributed by atoms with E-state index in [0.29, 0.717) is 11.7 Å². The van der Waals surface area contributed by atoms with Crippen LogP contribution in [0.5, 0.6) is 0 Å². The van der Waals surface area contributed by atoms with Gasteiger partial charge in [0.15, 0.2) is 0 Å². The Morgan fingerprint density at radius 2 is 1.82 bits per heavy atom. The average molecular weight is 263 g/mol. The molecule has 0 radical (unpaired) electrons. The predicted molar refractivity (Wildman–Crippen MR) is 75.9 cm³/mol. The molecule has 3 nitrogen and oxygen atoms in total. The standard InChI is InChI=1S/C13H29NO2S/c1-8-14-12(13(5,6)16-7)9-17(15)11(4)10(2)3/h10-12,14H,8-9H2,1-7H3. The van der Waals surface area contributed by atoms with Crippen LogP contribution in [0.25, 0.3) is 0 Å². The van der Waals surface area contributed by atoms with Crippen LogP contribution in [0.1, 0.15) is 41.5 Å². The van der Waals surface area contributed by atoms with E-state index in [0.717, 1.165) is 6.54 Å². The summed E-state index contributed by atoms with van der Waals surface area (Å²) >= 11 is 0. The molecular weight excluding hydrogens is 234 g/mol. The predicted octanol–water partition coefficient (Wildman–Crippen LogP) is 2.18. The molecule has 0 saturated heterocycles. The second-order valence-corrected chi connectivity index (χ2v) is 7.25. The van der Waals surface area contributed by atoms with Crippen molar-refractivity contribution in [2.45, 2.75) is 58.4 Å². The third-order valence-corrected chi connectivity index (χ3v) is 5.54. The van der Waals surface area contributed by atoms with Crippen LogP contribution in [-0.2, 0) is 15.5 Å². The van der Waals surface area contributed by atoms with Gasteiger partial charge in [0, 0.05) is 35.0 Å². The maximum absolute atomic E-state index is 12.2. The molecule has 0 fully saturated rings. The van der Waals surface area contributed by atoms with E-state index in [9.17, 15) is 4.21 Å². The second-order valence-electron chi connectivity index (χ2n) is 5.41. The lowest BCUT2D eigenvalue weighted by molar-refractivity contribution is -0.00337. The highest BCUT2D eigenvalue weighted by Crippen LogP contribution is 2.17. The van der Waals surface area contributed by atoms with Gasteiger partial charge in [-0.25, -0.2) is 0 Å². The molecule has 0 aromatic carbocycles. The largest absolute Gasteiger partial charge is 0.377 e. The van der Waals surface area contributed by atoms with Gasteiger partial charge in [0.05, 0.1) is 5.60 Å². The molecule has 3 unspecified atom stereocenters. The maximum atomic E-state index is 12.2. The second kappa shape index (κ2) is 7.49. The van der Waals surface area contributed by atoms with Crippen LogP contribution in [-0.4, -0.2) is 40.5 Å². The molecule has 0 saturated carbocycles. The van der Waals surface area contributed by atoms with E-state index in [-0.39, 0.29) is 16.9 Å². The molecule has 4 heteroatoms. The Morgan fingerprint density at radius 3 is 2.18 bits per heavy atom. The van der Waals surface area contributed by atoms with Crippen molar-refractivity contribution >= 4 is 10.8 Å². The summed E-state index contributed by atoms with van der Waals surface area (Å²) in [5, 5.41) is 3.61. The molecule has 0 aliphatic heterocycles. The lowest BCUT2D eigenvalue weighted by Gasteiger charge is -2.34. The van der Waals surface area contributed by atoms with E-state index >= 15 is 0 Å². The van der Waals surface area contributed by atoms with Crippen LogP contribution >= 0.6 is 0 Å². The van der Waals surface area contributed by atoms with Crippen LogP contribution in [0.2, 0.25) is 0 Å². The molecule has 1 N–H and O–H groups in total. The number of methoxy groups -OCH3 is 1. The number of ether oxygens (including phenoxy) is 1. The fraction of sp³-hybridized carbons (Fsp3) is 1.00. The van der Waals surface area contributed by atoms with Crippen LogP contribution < -0.4 is 5.32 Å². The lowest BCUT2D eigenvalue weighted by atomic mass is 10.0. The van der Waals surface area contributed by atoms with Crippen molar-refractivity contribution in [1.29, 1.82) is 0 Å². The van der Waals surface area contributed by atoms with Crippen molar-refractivity contribution in [1.82, 2.24) is 5.32 Å². The minimum absolute atomic E-state index is 0.125. The van der Waals surface area contributed by atoms with Crippen molar-refractivity contribution < 1.29 is 8.95 Å². The van der Waals surface area contributed by atoms with Crippen molar-refractivity contribution in [2.75, 3.05) is 19.4 Å². The number of likely N-dealkylation sites (N-methyl/N-ethyl adjacent to an activating group) is 1. The third-order valence-electron chi connectivity index (χ3n) is 3.50. The molecule has 0 aromatic rings. The molecule has 0 rings (SSSR count). The summed E-state index contributed by atoms with van der Waals surface area (Å²) in [5.74, 6) is 1.09. The molecule has 0 heterocycles. The average Bonchev–Trinajstić information content (AvgIpc) is 2.27. The number of hydrogen-bond acceptors (Lipinski definition) is 3. The zero-order valence-corrected chi connectivity index (χ0v) is 13.2. The van der Waals surface area contributed by atoms with Gasteiger partial charge >= 0.3 is 0 Å². The molecule has 104 valence electrons. The Bertz CT molecular complexity index is 242. The van der Waals surface area contributed by atoms with Crippen molar-refractivity contribution in [3.63, 3.8) is 0 Å². The molecule has 3 atom stereocenters. The quantitative estimate of drug-likeness (QED) is 0.729. The first-order chi connectivity index (χ1) is 7.76. The summed E-state index contributed by atoms with van der Waals surface area (Å²) in [6, 6.07) is 0.125. The van der Waals surface area contributed by atoms with E-state index < -0.39 is 10.8 Å². The lowest BCUT2D eigenvalue weighted by Crippen LogP contribution is -2.52. The Morgan fingerprint density at radius 1 is 1.29 bits per heavy atom.